The molecule has 24 nitrogen and oxygen atoms in total. The molecule has 0 atom stereocenters. The van der Waals surface area contributed by atoms with E-state index in [4.69, 9.17) is 58.0 Å². The summed E-state index contributed by atoms with van der Waals surface area (Å²) in [5.74, 6) is -2.23. The third-order valence-electron chi connectivity index (χ3n) is 18.4. The van der Waals surface area contributed by atoms with Gasteiger partial charge in [-0.3, -0.25) is 43.9 Å². The highest BCUT2D eigenvalue weighted by Gasteiger charge is 2.21. The Morgan fingerprint density at radius 1 is 0.323 bits per heavy atom. The third-order valence-corrected chi connectivity index (χ3v) is 20.4. The average Bonchev–Trinajstić information content (AvgIpc) is 1.08. The van der Waals surface area contributed by atoms with Crippen LogP contribution in [0, 0.1) is 31.4 Å². The van der Waals surface area contributed by atoms with E-state index >= 15 is 0 Å². The number of nitrogens with zero attached hydrogens (tertiary/aromatic N) is 19. The van der Waals surface area contributed by atoms with Crippen molar-refractivity contribution in [2.45, 2.75) is 46.0 Å². The summed E-state index contributed by atoms with van der Waals surface area (Å²) < 4.78 is 41.2. The fourth-order valence-electron chi connectivity index (χ4n) is 12.0. The number of rotatable bonds is 25. The minimum Gasteiger partial charge on any atom is -0.343 e. The molecule has 5 aromatic carbocycles. The second-order valence-electron chi connectivity index (χ2n) is 27.5. The molecule has 15 rings (SSSR count). The van der Waals surface area contributed by atoms with Gasteiger partial charge in [-0.05, 0) is 171 Å². The maximum Gasteiger partial charge on any atom is 0.213 e. The van der Waals surface area contributed by atoms with Crippen molar-refractivity contribution in [3.8, 4) is 0 Å². The van der Waals surface area contributed by atoms with Gasteiger partial charge in [-0.15, -0.1) is 11.3 Å². The standard InChI is InChI=1S/C19H17ClN4O.C18H14Cl2N4O.2C18H14ClFN4O.C18H16FN3OS/c1-13-3-4-23-16(5-13)9-19(25)14-6-15(20)8-17(7-14)24(2)18-10-21-12-22-11-18;1-24(17-9-22-11-23-10-17)16-5-13(4-14(19)6-16)18(25)3-12-2-15(20)8-21-7-12;1-24(17-9-21-11-22-10-17)16-5-12(4-14(20)7-16)18(25)8-15-6-13(19)2-3-23-15;1-24(16-9-21-11-22-10-16)15-6-12(5-13(19)7-15)17(25)8-14-3-2-4-18(20)23-14;1-12-11-24-18(21-12)9-17(23)13-6-14(19)8-16(7-13)22(2)15-4-3-5-20-10-15/h3-8,10-12H,9H2,1-2H3;2,4-11H,3H2,1H3;2*2-7,9-11H,8H2,1H3;3-8,10-11H,9H2,1-2H3. The topological polar surface area (TPSA) is 282 Å². The predicted octanol–water partition coefficient (Wildman–Crippen LogP) is 20.3. The summed E-state index contributed by atoms with van der Waals surface area (Å²) in [5.41, 5.74) is 13.7. The summed E-state index contributed by atoms with van der Waals surface area (Å²) in [6.07, 6.45) is 29.5. The molecule has 626 valence electrons. The molecule has 10 heterocycles. The molecule has 124 heavy (non-hydrogen) atoms. The Bertz CT molecular complexity index is 5610. The van der Waals surface area contributed by atoms with Gasteiger partial charge in [-0.1, -0.05) is 64.1 Å². The Kier molecular flexibility index (Phi) is 32.5. The van der Waals surface area contributed by atoms with Crippen LogP contribution in [-0.4, -0.2) is 134 Å². The number of carbonyl (C=O) groups excluding carboxylic acids is 5. The molecule has 0 spiro atoms. The molecule has 15 aromatic rings. The number of ketones is 5. The number of aryl methyl sites for hydroxylation is 2. The molecule has 0 radical (unpaired) electrons. The number of thiazole rings is 1. The first-order valence-corrected chi connectivity index (χ1v) is 40.3. The summed E-state index contributed by atoms with van der Waals surface area (Å²) in [4.78, 5) is 128. The number of aromatic nitrogens is 14. The smallest absolute Gasteiger partial charge is 0.213 e. The van der Waals surface area contributed by atoms with Crippen LogP contribution >= 0.6 is 69.3 Å². The zero-order valence-electron chi connectivity index (χ0n) is 67.4. The molecule has 0 saturated carbocycles. The van der Waals surface area contributed by atoms with Crippen molar-refractivity contribution in [3.05, 3.63) is 379 Å². The second kappa shape index (κ2) is 44.3. The van der Waals surface area contributed by atoms with Crippen molar-refractivity contribution in [1.82, 2.24) is 69.8 Å². The van der Waals surface area contributed by atoms with Gasteiger partial charge in [0.1, 0.15) is 42.0 Å². The molecule has 33 heteroatoms. The molecular weight excluding hydrogens is 1710 g/mol. The van der Waals surface area contributed by atoms with Crippen molar-refractivity contribution in [3.63, 3.8) is 0 Å². The number of pyridine rings is 5. The minimum absolute atomic E-state index is 0.00426. The number of anilines is 10. The fraction of sp³-hybridized carbons (Fsp3) is 0.132. The van der Waals surface area contributed by atoms with Crippen LogP contribution in [-0.2, 0) is 32.1 Å². The number of carbonyl (C=O) groups is 5. The Balaban J connectivity index is 0.000000151. The third kappa shape index (κ3) is 26.9. The van der Waals surface area contributed by atoms with Crippen LogP contribution in [0.15, 0.2) is 269 Å². The fourth-order valence-corrected chi connectivity index (χ4v) is 13.8. The van der Waals surface area contributed by atoms with E-state index in [1.54, 1.807) is 176 Å². The largest absolute Gasteiger partial charge is 0.343 e. The Morgan fingerprint density at radius 2 is 0.718 bits per heavy atom. The Hall–Kier alpha value is -13.6. The van der Waals surface area contributed by atoms with Gasteiger partial charge >= 0.3 is 0 Å². The van der Waals surface area contributed by atoms with Gasteiger partial charge in [0.2, 0.25) is 5.95 Å². The average molecular weight is 1780 g/mol. The lowest BCUT2D eigenvalue weighted by atomic mass is 10.0. The molecule has 10 aromatic heterocycles. The van der Waals surface area contributed by atoms with Gasteiger partial charge in [0.25, 0.3) is 0 Å². The summed E-state index contributed by atoms with van der Waals surface area (Å²) >= 11 is 31.9. The summed E-state index contributed by atoms with van der Waals surface area (Å²) in [5, 5.41) is 5.05. The summed E-state index contributed by atoms with van der Waals surface area (Å²) in [7, 11) is 9.12. The Morgan fingerprint density at radius 3 is 1.12 bits per heavy atom. The number of halogens is 8. The van der Waals surface area contributed by atoms with E-state index in [2.05, 4.69) is 69.8 Å². The van der Waals surface area contributed by atoms with Crippen LogP contribution < -0.4 is 24.5 Å². The van der Waals surface area contributed by atoms with Crippen LogP contribution in [0.1, 0.15) is 90.7 Å². The maximum atomic E-state index is 14.0. The van der Waals surface area contributed by atoms with Crippen LogP contribution in [0.5, 0.6) is 0 Å². The summed E-state index contributed by atoms with van der Waals surface area (Å²) in [6.45, 7) is 3.86. The monoisotopic (exact) mass is 1780 g/mol. The molecule has 0 saturated heterocycles. The first-order chi connectivity index (χ1) is 59.6. The molecule has 0 amide bonds. The van der Waals surface area contributed by atoms with Crippen molar-refractivity contribution >= 4 is 155 Å². The first kappa shape index (κ1) is 91.1. The minimum atomic E-state index is -0.610. The molecule has 0 N–H and O–H groups in total. The van der Waals surface area contributed by atoms with Crippen molar-refractivity contribution in [2.75, 3.05) is 59.7 Å². The van der Waals surface area contributed by atoms with Crippen molar-refractivity contribution < 1.29 is 37.1 Å². The second-order valence-corrected chi connectivity index (χ2v) is 30.6. The lowest BCUT2D eigenvalue weighted by Gasteiger charge is -2.19. The molecular formula is C91H75Cl5F3N19O5S. The molecule has 0 bridgehead atoms. The zero-order valence-corrected chi connectivity index (χ0v) is 72.0. The van der Waals surface area contributed by atoms with E-state index in [0.29, 0.717) is 75.8 Å². The van der Waals surface area contributed by atoms with E-state index in [0.717, 1.165) is 67.3 Å². The Labute approximate surface area is 741 Å². The molecule has 0 fully saturated rings. The van der Waals surface area contributed by atoms with Crippen LogP contribution in [0.2, 0.25) is 25.1 Å². The predicted molar refractivity (Wildman–Crippen MR) is 479 cm³/mol. The number of Topliss-reactive ketones (excluding diaryl/α,β-unsaturated/α-hetero) is 5. The normalized spacial score (nSPS) is 10.5. The first-order valence-electron chi connectivity index (χ1n) is 37.6. The highest BCUT2D eigenvalue weighted by Crippen LogP contribution is 2.33. The van der Waals surface area contributed by atoms with E-state index < -0.39 is 17.6 Å². The summed E-state index contributed by atoms with van der Waals surface area (Å²) in [6, 6.07) is 41.0. The molecule has 0 aliphatic heterocycles. The molecule has 0 unspecified atom stereocenters. The number of hydrogen-bond acceptors (Lipinski definition) is 25. The maximum absolute atomic E-state index is 14.0. The highest BCUT2D eigenvalue weighted by atomic mass is 35.5. The van der Waals surface area contributed by atoms with E-state index in [1.165, 1.54) is 85.4 Å². The van der Waals surface area contributed by atoms with Gasteiger partial charge in [0.15, 0.2) is 28.9 Å². The van der Waals surface area contributed by atoms with Crippen LogP contribution in [0.4, 0.5) is 70.0 Å². The van der Waals surface area contributed by atoms with Crippen LogP contribution in [0.25, 0.3) is 0 Å². The quantitative estimate of drug-likeness (QED) is 0.0379. The lowest BCUT2D eigenvalue weighted by molar-refractivity contribution is 0.0983. The van der Waals surface area contributed by atoms with Gasteiger partial charge in [0, 0.05) is 171 Å². The van der Waals surface area contributed by atoms with E-state index in [-0.39, 0.29) is 66.6 Å². The van der Waals surface area contributed by atoms with Gasteiger partial charge in [-0.25, -0.2) is 58.6 Å². The highest BCUT2D eigenvalue weighted by molar-refractivity contribution is 7.09. The number of hydrogen-bond donors (Lipinski definition) is 0. The van der Waals surface area contributed by atoms with Gasteiger partial charge in [0.05, 0.1) is 121 Å². The van der Waals surface area contributed by atoms with E-state index in [1.807, 2.05) is 92.4 Å². The lowest BCUT2D eigenvalue weighted by Crippen LogP contribution is -2.12. The van der Waals surface area contributed by atoms with Crippen LogP contribution in [0.3, 0.4) is 0 Å². The molecule has 0 aliphatic rings. The molecule has 0 aliphatic carbocycles. The van der Waals surface area contributed by atoms with Gasteiger partial charge < -0.3 is 24.5 Å². The number of benzene rings is 5. The zero-order chi connectivity index (χ0) is 88.3. The van der Waals surface area contributed by atoms with E-state index in [9.17, 15) is 37.1 Å². The van der Waals surface area contributed by atoms with Gasteiger partial charge in [-0.2, -0.15) is 4.39 Å². The van der Waals surface area contributed by atoms with Crippen molar-refractivity contribution in [1.29, 1.82) is 0 Å². The SMILES string of the molecule is CN(c1cncnc1)c1cc(Cl)cc(C(=O)Cc2cccc(F)n2)c1.CN(c1cncnc1)c1cc(Cl)cc(C(=O)Cc2cncc(Cl)c2)c1.CN(c1cncnc1)c1cc(F)cc(C(=O)Cc2cc(Cl)ccn2)c1.Cc1ccnc(CC(=O)c2cc(Cl)cc(N(C)c3cncnc3)c2)c1.Cc1csc(CC(=O)c2cc(F)cc(N(C)c3cccnc3)c2)n1. The van der Waals surface area contributed by atoms with Crippen molar-refractivity contribution in [2.24, 2.45) is 0 Å².